The molecule has 2 N–H and O–H groups in total. The molecule has 1 aromatic heterocycles. The Balaban J connectivity index is 0.00000272. The van der Waals surface area contributed by atoms with Crippen molar-refractivity contribution in [3.05, 3.63) is 47.0 Å². The Hall–Kier alpha value is -1.85. The minimum absolute atomic E-state index is 0. The van der Waals surface area contributed by atoms with Gasteiger partial charge in [-0.05, 0) is 44.2 Å². The van der Waals surface area contributed by atoms with Crippen LogP contribution >= 0.6 is 24.0 Å². The van der Waals surface area contributed by atoms with Crippen LogP contribution in [0.1, 0.15) is 60.9 Å². The van der Waals surface area contributed by atoms with E-state index in [4.69, 9.17) is 0 Å². The van der Waals surface area contributed by atoms with Crippen molar-refractivity contribution in [2.45, 2.75) is 63.2 Å². The van der Waals surface area contributed by atoms with Gasteiger partial charge in [0.1, 0.15) is 11.6 Å². The number of halogens is 4. The van der Waals surface area contributed by atoms with E-state index in [9.17, 15) is 13.2 Å². The zero-order valence-electron chi connectivity index (χ0n) is 17.7. The van der Waals surface area contributed by atoms with E-state index in [0.29, 0.717) is 12.5 Å². The Morgan fingerprint density at radius 3 is 2.71 bits per heavy atom. The molecule has 170 valence electrons. The van der Waals surface area contributed by atoms with Crippen LogP contribution in [0.25, 0.3) is 0 Å². The summed E-state index contributed by atoms with van der Waals surface area (Å²) in [6.45, 7) is 3.27. The molecule has 1 fully saturated rings. The van der Waals surface area contributed by atoms with Gasteiger partial charge in [-0.25, -0.2) is 9.67 Å². The second kappa shape index (κ2) is 9.33. The Morgan fingerprint density at radius 2 is 2.06 bits per heavy atom. The van der Waals surface area contributed by atoms with Crippen LogP contribution in [0.4, 0.5) is 13.2 Å². The maximum Gasteiger partial charge on any atom is 0.416 e. The molecule has 0 bridgehead atoms. The molecule has 0 saturated heterocycles. The molecule has 0 amide bonds. The quantitative estimate of drug-likeness (QED) is 0.339. The van der Waals surface area contributed by atoms with E-state index in [1.54, 1.807) is 13.1 Å². The molecule has 1 aliphatic heterocycles. The zero-order valence-corrected chi connectivity index (χ0v) is 20.0. The Bertz CT molecular complexity index is 935. The van der Waals surface area contributed by atoms with Gasteiger partial charge in [-0.1, -0.05) is 24.6 Å². The fourth-order valence-corrected chi connectivity index (χ4v) is 4.41. The molecule has 6 nitrogen and oxygen atoms in total. The molecular weight excluding hydrogens is 520 g/mol. The van der Waals surface area contributed by atoms with Crippen LogP contribution in [0.15, 0.2) is 29.3 Å². The van der Waals surface area contributed by atoms with Gasteiger partial charge in [0, 0.05) is 25.6 Å². The van der Waals surface area contributed by atoms with Crippen LogP contribution in [0.5, 0.6) is 0 Å². The third-order valence-corrected chi connectivity index (χ3v) is 6.22. The van der Waals surface area contributed by atoms with E-state index in [-0.39, 0.29) is 35.4 Å². The molecule has 2 aromatic rings. The number of rotatable bonds is 4. The molecule has 0 spiro atoms. The predicted molar refractivity (Wildman–Crippen MR) is 124 cm³/mol. The highest BCUT2D eigenvalue weighted by Crippen LogP contribution is 2.44. The van der Waals surface area contributed by atoms with Crippen LogP contribution in [0.2, 0.25) is 0 Å². The summed E-state index contributed by atoms with van der Waals surface area (Å²) in [5.41, 5.74) is -0.160. The molecule has 0 radical (unpaired) electrons. The summed E-state index contributed by atoms with van der Waals surface area (Å²) in [5.74, 6) is 2.28. The van der Waals surface area contributed by atoms with Crippen LogP contribution < -0.4 is 10.6 Å². The molecule has 1 unspecified atom stereocenters. The van der Waals surface area contributed by atoms with Gasteiger partial charge in [0.25, 0.3) is 0 Å². The molecule has 10 heteroatoms. The average molecular weight is 548 g/mol. The van der Waals surface area contributed by atoms with Gasteiger partial charge in [0.2, 0.25) is 0 Å². The monoisotopic (exact) mass is 548 g/mol. The molecule has 4 rings (SSSR count). The first kappa shape index (κ1) is 23.8. The van der Waals surface area contributed by atoms with Gasteiger partial charge in [0.05, 0.1) is 11.6 Å². The molecule has 2 aliphatic rings. The standard InChI is InChI=1S/C21H27F3N6.HI/c1-14-27-18-17(8-4-11-30(18)29-14)28-19(25-2)26-13-20(9-5-10-20)15-6-3-7-16(12-15)21(22,23)24;/h3,6-7,12,17H,4-5,8-11,13H2,1-2H3,(H2,25,26,28);1H. The van der Waals surface area contributed by atoms with Crippen LogP contribution in [-0.2, 0) is 18.1 Å². The normalized spacial score (nSPS) is 20.3. The number of nitrogens with one attached hydrogen (secondary N) is 2. The van der Waals surface area contributed by atoms with Crippen molar-refractivity contribution in [1.29, 1.82) is 0 Å². The first-order chi connectivity index (χ1) is 14.3. The number of fused-ring (bicyclic) bond motifs is 1. The van der Waals surface area contributed by atoms with E-state index >= 15 is 0 Å². The second-order valence-corrected chi connectivity index (χ2v) is 8.22. The van der Waals surface area contributed by atoms with Crippen molar-refractivity contribution in [1.82, 2.24) is 25.4 Å². The van der Waals surface area contributed by atoms with E-state index in [2.05, 4.69) is 25.7 Å². The highest BCUT2D eigenvalue weighted by Gasteiger charge is 2.40. The van der Waals surface area contributed by atoms with E-state index < -0.39 is 11.7 Å². The summed E-state index contributed by atoms with van der Waals surface area (Å²) >= 11 is 0. The molecular formula is C21H28F3IN6. The summed E-state index contributed by atoms with van der Waals surface area (Å²) in [5, 5.41) is 11.2. The summed E-state index contributed by atoms with van der Waals surface area (Å²) in [6.07, 6.45) is 0.316. The number of hydrogen-bond acceptors (Lipinski definition) is 3. The predicted octanol–water partition coefficient (Wildman–Crippen LogP) is 4.35. The molecule has 1 aromatic carbocycles. The summed E-state index contributed by atoms with van der Waals surface area (Å²) in [4.78, 5) is 8.87. The number of aromatic nitrogens is 3. The molecule has 2 heterocycles. The van der Waals surface area contributed by atoms with Crippen molar-refractivity contribution < 1.29 is 13.2 Å². The topological polar surface area (TPSA) is 67.1 Å². The average Bonchev–Trinajstić information content (AvgIpc) is 3.07. The SMILES string of the molecule is CN=C(NCC1(c2cccc(C(F)(F)F)c2)CCC1)NC1CCCn2nc(C)nc21.I. The summed E-state index contributed by atoms with van der Waals surface area (Å²) in [7, 11) is 1.70. The highest BCUT2D eigenvalue weighted by atomic mass is 127. The number of aliphatic imine (C=N–C) groups is 1. The Labute approximate surface area is 197 Å². The number of aryl methyl sites for hydroxylation is 2. The van der Waals surface area contributed by atoms with Crippen molar-refractivity contribution in [3.63, 3.8) is 0 Å². The van der Waals surface area contributed by atoms with Gasteiger partial charge < -0.3 is 10.6 Å². The summed E-state index contributed by atoms with van der Waals surface area (Å²) in [6, 6.07) is 5.74. The van der Waals surface area contributed by atoms with E-state index in [0.717, 1.165) is 61.9 Å². The number of nitrogens with zero attached hydrogens (tertiary/aromatic N) is 4. The smallest absolute Gasteiger partial charge is 0.356 e. The van der Waals surface area contributed by atoms with Crippen LogP contribution in [0.3, 0.4) is 0 Å². The number of hydrogen-bond donors (Lipinski definition) is 2. The minimum Gasteiger partial charge on any atom is -0.356 e. The first-order valence-electron chi connectivity index (χ1n) is 10.4. The maximum atomic E-state index is 13.2. The lowest BCUT2D eigenvalue weighted by atomic mass is 9.64. The molecule has 31 heavy (non-hydrogen) atoms. The van der Waals surface area contributed by atoms with E-state index in [1.165, 1.54) is 12.1 Å². The van der Waals surface area contributed by atoms with Crippen LogP contribution in [0, 0.1) is 6.92 Å². The van der Waals surface area contributed by atoms with Gasteiger partial charge in [-0.15, -0.1) is 24.0 Å². The fourth-order valence-electron chi connectivity index (χ4n) is 4.41. The third-order valence-electron chi connectivity index (χ3n) is 6.22. The minimum atomic E-state index is -4.33. The number of guanidine groups is 1. The van der Waals surface area contributed by atoms with Crippen molar-refractivity contribution >= 4 is 29.9 Å². The third kappa shape index (κ3) is 4.98. The van der Waals surface area contributed by atoms with Gasteiger partial charge in [-0.2, -0.15) is 18.3 Å². The number of alkyl halides is 3. The van der Waals surface area contributed by atoms with Crippen molar-refractivity contribution in [3.8, 4) is 0 Å². The second-order valence-electron chi connectivity index (χ2n) is 8.22. The zero-order chi connectivity index (χ0) is 21.4. The van der Waals surface area contributed by atoms with E-state index in [1.807, 2.05) is 11.6 Å². The lowest BCUT2D eigenvalue weighted by Crippen LogP contribution is -2.50. The Kier molecular flexibility index (Phi) is 7.17. The molecule has 1 saturated carbocycles. The molecule has 1 atom stereocenters. The van der Waals surface area contributed by atoms with Crippen molar-refractivity contribution in [2.75, 3.05) is 13.6 Å². The highest BCUT2D eigenvalue weighted by molar-refractivity contribution is 14.0. The van der Waals surface area contributed by atoms with Crippen LogP contribution in [-0.4, -0.2) is 34.3 Å². The molecule has 1 aliphatic carbocycles. The lowest BCUT2D eigenvalue weighted by molar-refractivity contribution is -0.137. The number of benzene rings is 1. The first-order valence-corrected chi connectivity index (χ1v) is 10.4. The fraction of sp³-hybridized carbons (Fsp3) is 0.571. The Morgan fingerprint density at radius 1 is 1.29 bits per heavy atom. The van der Waals surface area contributed by atoms with Gasteiger partial charge in [0.15, 0.2) is 5.96 Å². The van der Waals surface area contributed by atoms with Gasteiger partial charge in [-0.3, -0.25) is 4.99 Å². The largest absolute Gasteiger partial charge is 0.416 e. The maximum absolute atomic E-state index is 13.2. The van der Waals surface area contributed by atoms with Gasteiger partial charge >= 0.3 is 6.18 Å². The van der Waals surface area contributed by atoms with Crippen molar-refractivity contribution in [2.24, 2.45) is 4.99 Å². The summed E-state index contributed by atoms with van der Waals surface area (Å²) < 4.78 is 41.4. The lowest BCUT2D eigenvalue weighted by Gasteiger charge is -2.43.